The van der Waals surface area contributed by atoms with Crippen LogP contribution in [0.15, 0.2) is 59.1 Å². The van der Waals surface area contributed by atoms with E-state index in [2.05, 4.69) is 5.16 Å². The first-order valence-corrected chi connectivity index (χ1v) is 8.55. The number of carbonyl (C=O) groups is 2. The molecule has 0 aliphatic carbocycles. The van der Waals surface area contributed by atoms with Gasteiger partial charge < -0.3 is 9.26 Å². The molecule has 0 unspecified atom stereocenters. The molecular weight excluding hydrogens is 373 g/mol. The molecule has 7 heteroatoms. The maximum atomic E-state index is 12.8. The molecule has 3 aromatic rings. The van der Waals surface area contributed by atoms with Crippen LogP contribution in [0.25, 0.3) is 11.3 Å². The Morgan fingerprint density at radius 1 is 1.04 bits per heavy atom. The lowest BCUT2D eigenvalue weighted by atomic mass is 10.1. The first-order valence-electron chi connectivity index (χ1n) is 8.17. The van der Waals surface area contributed by atoms with Crippen LogP contribution in [0.3, 0.4) is 0 Å². The minimum absolute atomic E-state index is 0.0170. The van der Waals surface area contributed by atoms with Gasteiger partial charge in [-0.3, -0.25) is 9.59 Å². The highest BCUT2D eigenvalue weighted by molar-refractivity contribution is 6.30. The maximum Gasteiger partial charge on any atom is 0.306 e. The fraction of sp³-hybridized carbons (Fsp3) is 0.150. The van der Waals surface area contributed by atoms with Crippen molar-refractivity contribution in [2.75, 3.05) is 0 Å². The molecule has 0 aliphatic rings. The lowest BCUT2D eigenvalue weighted by Crippen LogP contribution is -2.08. The molecule has 1 aromatic heterocycles. The highest BCUT2D eigenvalue weighted by Gasteiger charge is 2.12. The van der Waals surface area contributed by atoms with Crippen molar-refractivity contribution in [3.8, 4) is 11.3 Å². The quantitative estimate of drug-likeness (QED) is 0.428. The first kappa shape index (κ1) is 18.8. The smallest absolute Gasteiger partial charge is 0.306 e. The molecule has 0 saturated heterocycles. The molecule has 0 fully saturated rings. The van der Waals surface area contributed by atoms with Gasteiger partial charge in [-0.15, -0.1) is 0 Å². The van der Waals surface area contributed by atoms with Crippen molar-refractivity contribution < 1.29 is 23.2 Å². The van der Waals surface area contributed by atoms with E-state index in [4.69, 9.17) is 20.9 Å². The van der Waals surface area contributed by atoms with E-state index in [0.29, 0.717) is 22.0 Å². The van der Waals surface area contributed by atoms with Gasteiger partial charge in [0.2, 0.25) is 0 Å². The number of esters is 1. The second kappa shape index (κ2) is 8.60. The Morgan fingerprint density at radius 3 is 2.44 bits per heavy atom. The molecule has 5 nitrogen and oxygen atoms in total. The Morgan fingerprint density at radius 2 is 1.74 bits per heavy atom. The highest BCUT2D eigenvalue weighted by Crippen LogP contribution is 2.21. The first-order chi connectivity index (χ1) is 13.0. The number of hydrogen-bond donors (Lipinski definition) is 0. The maximum absolute atomic E-state index is 12.8. The fourth-order valence-corrected chi connectivity index (χ4v) is 2.48. The standard InChI is InChI=1S/C20H15ClFNO4/c21-15-5-1-13(2-6-15)18-11-17(27-23-18)12-26-20(25)10-9-19(24)14-3-7-16(22)8-4-14/h1-8,11H,9-10,12H2. The SMILES string of the molecule is O=C(CCC(=O)c1ccc(F)cc1)OCc1cc(-c2ccc(Cl)cc2)no1. The zero-order valence-electron chi connectivity index (χ0n) is 14.2. The number of aromatic nitrogens is 1. The molecule has 0 amide bonds. The number of nitrogens with zero attached hydrogens (tertiary/aromatic N) is 1. The fourth-order valence-electron chi connectivity index (χ4n) is 2.36. The molecule has 138 valence electrons. The molecule has 0 aliphatic heterocycles. The van der Waals surface area contributed by atoms with Crippen molar-refractivity contribution in [2.24, 2.45) is 0 Å². The van der Waals surface area contributed by atoms with Gasteiger partial charge in [0, 0.05) is 28.6 Å². The molecule has 0 saturated carbocycles. The molecule has 3 rings (SSSR count). The van der Waals surface area contributed by atoms with Crippen LogP contribution in [0.2, 0.25) is 5.02 Å². The number of rotatable bonds is 7. The number of Topliss-reactive ketones (excluding diaryl/α,β-unsaturated/α-hetero) is 1. The number of ketones is 1. The third-order valence-corrected chi connectivity index (χ3v) is 4.05. The molecule has 0 N–H and O–H groups in total. The summed E-state index contributed by atoms with van der Waals surface area (Å²) < 4.78 is 23.1. The van der Waals surface area contributed by atoms with Crippen LogP contribution >= 0.6 is 11.6 Å². The minimum Gasteiger partial charge on any atom is -0.457 e. The predicted octanol–water partition coefficient (Wildman–Crippen LogP) is 4.84. The van der Waals surface area contributed by atoms with E-state index in [1.165, 1.54) is 24.3 Å². The molecular formula is C20H15ClFNO4. The van der Waals surface area contributed by atoms with E-state index < -0.39 is 11.8 Å². The van der Waals surface area contributed by atoms with Gasteiger partial charge in [-0.2, -0.15) is 0 Å². The van der Waals surface area contributed by atoms with E-state index in [9.17, 15) is 14.0 Å². The largest absolute Gasteiger partial charge is 0.457 e. The summed E-state index contributed by atoms with van der Waals surface area (Å²) in [6, 6.07) is 13.9. The summed E-state index contributed by atoms with van der Waals surface area (Å²) in [5.41, 5.74) is 1.78. The van der Waals surface area contributed by atoms with Crippen LogP contribution in [0.5, 0.6) is 0 Å². The summed E-state index contributed by atoms with van der Waals surface area (Å²) in [6.07, 6.45) is -0.0920. The lowest BCUT2D eigenvalue weighted by Gasteiger charge is -2.02. The number of benzene rings is 2. The number of halogens is 2. The van der Waals surface area contributed by atoms with Gasteiger partial charge in [0.15, 0.2) is 18.2 Å². The summed E-state index contributed by atoms with van der Waals surface area (Å²) >= 11 is 5.84. The Hall–Kier alpha value is -2.99. The second-order valence-corrected chi connectivity index (χ2v) is 6.21. The molecule has 0 atom stereocenters. The summed E-state index contributed by atoms with van der Waals surface area (Å²) in [6.45, 7) is -0.0792. The average molecular weight is 388 g/mol. The Bertz CT molecular complexity index is 935. The number of hydrogen-bond acceptors (Lipinski definition) is 5. The molecule has 0 radical (unpaired) electrons. The van der Waals surface area contributed by atoms with Crippen molar-refractivity contribution in [1.29, 1.82) is 0 Å². The van der Waals surface area contributed by atoms with Crippen LogP contribution in [-0.2, 0) is 16.1 Å². The Labute approximate surface area is 159 Å². The molecule has 2 aromatic carbocycles. The van der Waals surface area contributed by atoms with E-state index >= 15 is 0 Å². The van der Waals surface area contributed by atoms with Crippen molar-refractivity contribution in [3.63, 3.8) is 0 Å². The zero-order chi connectivity index (χ0) is 19.2. The highest BCUT2D eigenvalue weighted by atomic mass is 35.5. The molecule has 0 bridgehead atoms. The third kappa shape index (κ3) is 5.24. The van der Waals surface area contributed by atoms with Crippen LogP contribution < -0.4 is 0 Å². The van der Waals surface area contributed by atoms with Gasteiger partial charge >= 0.3 is 5.97 Å². The van der Waals surface area contributed by atoms with Crippen LogP contribution in [-0.4, -0.2) is 16.9 Å². The summed E-state index contributed by atoms with van der Waals surface area (Å²) in [5, 5.41) is 4.54. The minimum atomic E-state index is -0.532. The lowest BCUT2D eigenvalue weighted by molar-refractivity contribution is -0.145. The van der Waals surface area contributed by atoms with Crippen LogP contribution in [0.1, 0.15) is 29.0 Å². The van der Waals surface area contributed by atoms with Gasteiger partial charge in [0.05, 0.1) is 6.42 Å². The molecule has 0 spiro atoms. The summed E-state index contributed by atoms with van der Waals surface area (Å²) in [4.78, 5) is 23.8. The van der Waals surface area contributed by atoms with Crippen LogP contribution in [0.4, 0.5) is 4.39 Å². The van der Waals surface area contributed by atoms with Gasteiger partial charge in [-0.1, -0.05) is 28.9 Å². The monoisotopic (exact) mass is 387 g/mol. The Kier molecular flexibility index (Phi) is 5.98. The van der Waals surface area contributed by atoms with Gasteiger partial charge in [-0.05, 0) is 36.4 Å². The van der Waals surface area contributed by atoms with E-state index in [0.717, 1.165) is 5.56 Å². The molecule has 27 heavy (non-hydrogen) atoms. The average Bonchev–Trinajstić information content (AvgIpc) is 3.14. The third-order valence-electron chi connectivity index (χ3n) is 3.80. The van der Waals surface area contributed by atoms with Crippen molar-refractivity contribution >= 4 is 23.4 Å². The second-order valence-electron chi connectivity index (χ2n) is 5.78. The zero-order valence-corrected chi connectivity index (χ0v) is 14.9. The van der Waals surface area contributed by atoms with Crippen molar-refractivity contribution in [2.45, 2.75) is 19.4 Å². The van der Waals surface area contributed by atoms with Gasteiger partial charge in [0.25, 0.3) is 0 Å². The number of carbonyl (C=O) groups excluding carboxylic acids is 2. The predicted molar refractivity (Wildman–Crippen MR) is 96.7 cm³/mol. The number of ether oxygens (including phenoxy) is 1. The van der Waals surface area contributed by atoms with E-state index in [-0.39, 0.29) is 25.2 Å². The Balaban J connectivity index is 1.47. The van der Waals surface area contributed by atoms with E-state index in [1.54, 1.807) is 30.3 Å². The topological polar surface area (TPSA) is 69.4 Å². The van der Waals surface area contributed by atoms with Crippen molar-refractivity contribution in [3.05, 3.63) is 76.8 Å². The normalized spacial score (nSPS) is 10.6. The summed E-state index contributed by atoms with van der Waals surface area (Å²) in [7, 11) is 0. The van der Waals surface area contributed by atoms with Gasteiger partial charge in [-0.25, -0.2) is 4.39 Å². The molecule has 1 heterocycles. The van der Waals surface area contributed by atoms with Crippen molar-refractivity contribution in [1.82, 2.24) is 5.16 Å². The van der Waals surface area contributed by atoms with Crippen LogP contribution in [0, 0.1) is 5.82 Å². The summed E-state index contributed by atoms with van der Waals surface area (Å²) in [5.74, 6) is -0.819. The van der Waals surface area contributed by atoms with Gasteiger partial charge in [0.1, 0.15) is 11.5 Å². The van der Waals surface area contributed by atoms with E-state index in [1.807, 2.05) is 0 Å².